The summed E-state index contributed by atoms with van der Waals surface area (Å²) in [5.41, 5.74) is 0.976. The molecule has 0 spiro atoms. The van der Waals surface area contributed by atoms with Crippen LogP contribution in [0.3, 0.4) is 0 Å². The average Bonchev–Trinajstić information content (AvgIpc) is 3.03. The zero-order valence-corrected chi connectivity index (χ0v) is 14.4. The number of alkyl halides is 3. The molecule has 0 saturated carbocycles. The van der Waals surface area contributed by atoms with Crippen molar-refractivity contribution in [1.29, 1.82) is 0 Å². The van der Waals surface area contributed by atoms with Gasteiger partial charge in [-0.1, -0.05) is 18.2 Å². The van der Waals surface area contributed by atoms with E-state index in [1.54, 1.807) is 23.5 Å². The fraction of sp³-hybridized carbons (Fsp3) is 0.375. The van der Waals surface area contributed by atoms with Gasteiger partial charge in [0.2, 0.25) is 0 Å². The summed E-state index contributed by atoms with van der Waals surface area (Å²) in [4.78, 5) is 3.54. The molecule has 3 nitrogen and oxygen atoms in total. The Kier molecular flexibility index (Phi) is 6.51. The van der Waals surface area contributed by atoms with Gasteiger partial charge in [-0.05, 0) is 29.1 Å². The molecule has 2 aromatic rings. The molecule has 1 aliphatic rings. The van der Waals surface area contributed by atoms with Gasteiger partial charge in [0.05, 0.1) is 6.04 Å². The predicted molar refractivity (Wildman–Crippen MR) is 91.0 cm³/mol. The van der Waals surface area contributed by atoms with E-state index >= 15 is 0 Å². The molecule has 8 heteroatoms. The molecule has 0 bridgehead atoms. The number of hydrogen-bond donors (Lipinski definition) is 1. The number of piperazine rings is 1. The lowest BCUT2D eigenvalue weighted by Crippen LogP contribution is -2.45. The third-order valence-electron chi connectivity index (χ3n) is 3.76. The van der Waals surface area contributed by atoms with Crippen molar-refractivity contribution in [2.24, 2.45) is 0 Å². The van der Waals surface area contributed by atoms with E-state index in [1.807, 2.05) is 11.4 Å². The van der Waals surface area contributed by atoms with Crippen LogP contribution in [0, 0.1) is 0 Å². The standard InChI is InChI=1S/C16H17F3N2OS.ClH/c17-16(18,19)22-13-5-3-12(4-6-13)15(14-2-1-11-23-14)21-9-7-20-8-10-21;/h1-6,11,15,20H,7-10H2;1H/t15-;/m1./s1. The molecular weight excluding hydrogens is 361 g/mol. The molecule has 0 radical (unpaired) electrons. The van der Waals surface area contributed by atoms with Crippen LogP contribution < -0.4 is 10.1 Å². The Labute approximate surface area is 148 Å². The number of thiophene rings is 1. The second kappa shape index (κ2) is 8.20. The van der Waals surface area contributed by atoms with E-state index in [4.69, 9.17) is 0 Å². The summed E-state index contributed by atoms with van der Waals surface area (Å²) in [6.45, 7) is 3.64. The van der Waals surface area contributed by atoms with Gasteiger partial charge in [-0.15, -0.1) is 36.9 Å². The lowest BCUT2D eigenvalue weighted by atomic mass is 10.0. The van der Waals surface area contributed by atoms with Crippen LogP contribution in [0.4, 0.5) is 13.2 Å². The zero-order valence-electron chi connectivity index (χ0n) is 12.8. The topological polar surface area (TPSA) is 24.5 Å². The highest BCUT2D eigenvalue weighted by atomic mass is 35.5. The molecule has 1 saturated heterocycles. The number of benzene rings is 1. The molecule has 1 aromatic heterocycles. The van der Waals surface area contributed by atoms with Gasteiger partial charge in [-0.25, -0.2) is 0 Å². The minimum atomic E-state index is -4.66. The number of nitrogens with zero attached hydrogens (tertiary/aromatic N) is 1. The summed E-state index contributed by atoms with van der Waals surface area (Å²) < 4.78 is 40.8. The van der Waals surface area contributed by atoms with E-state index in [0.717, 1.165) is 31.7 Å². The monoisotopic (exact) mass is 378 g/mol. The molecule has 3 rings (SSSR count). The lowest BCUT2D eigenvalue weighted by Gasteiger charge is -2.34. The molecule has 1 N–H and O–H groups in total. The van der Waals surface area contributed by atoms with Crippen LogP contribution in [0.25, 0.3) is 0 Å². The molecule has 1 aromatic carbocycles. The van der Waals surface area contributed by atoms with Crippen LogP contribution in [0.5, 0.6) is 5.75 Å². The van der Waals surface area contributed by atoms with Gasteiger partial charge in [0.1, 0.15) is 5.75 Å². The average molecular weight is 379 g/mol. The highest BCUT2D eigenvalue weighted by Crippen LogP contribution is 2.33. The molecule has 1 fully saturated rings. The third-order valence-corrected chi connectivity index (χ3v) is 4.68. The van der Waals surface area contributed by atoms with Crippen LogP contribution in [-0.2, 0) is 0 Å². The summed E-state index contributed by atoms with van der Waals surface area (Å²) in [6.07, 6.45) is -4.66. The van der Waals surface area contributed by atoms with E-state index < -0.39 is 6.36 Å². The van der Waals surface area contributed by atoms with E-state index in [9.17, 15) is 13.2 Å². The Bertz CT molecular complexity index is 613. The van der Waals surface area contributed by atoms with E-state index in [0.29, 0.717) is 0 Å². The predicted octanol–water partition coefficient (Wildman–Crippen LogP) is 4.06. The fourth-order valence-electron chi connectivity index (χ4n) is 2.79. The maximum Gasteiger partial charge on any atom is 0.573 e. The van der Waals surface area contributed by atoms with Crippen molar-refractivity contribution < 1.29 is 17.9 Å². The number of nitrogens with one attached hydrogen (secondary N) is 1. The van der Waals surface area contributed by atoms with E-state index in [-0.39, 0.29) is 24.2 Å². The number of ether oxygens (including phenoxy) is 1. The lowest BCUT2D eigenvalue weighted by molar-refractivity contribution is -0.274. The normalized spacial score (nSPS) is 17.1. The smallest absolute Gasteiger partial charge is 0.406 e. The number of rotatable bonds is 4. The van der Waals surface area contributed by atoms with Crippen molar-refractivity contribution >= 4 is 23.7 Å². The summed E-state index contributed by atoms with van der Waals surface area (Å²) in [7, 11) is 0. The molecule has 1 atom stereocenters. The van der Waals surface area contributed by atoms with Crippen molar-refractivity contribution in [2.75, 3.05) is 26.2 Å². The quantitative estimate of drug-likeness (QED) is 0.868. The highest BCUT2D eigenvalue weighted by Gasteiger charge is 2.31. The van der Waals surface area contributed by atoms with E-state index in [2.05, 4.69) is 21.0 Å². The molecule has 2 heterocycles. The SMILES string of the molecule is Cl.FC(F)(F)Oc1ccc([C@H](c2cccs2)N2CCNCC2)cc1. The third kappa shape index (κ3) is 4.86. The van der Waals surface area contributed by atoms with Crippen LogP contribution >= 0.6 is 23.7 Å². The molecule has 132 valence electrons. The van der Waals surface area contributed by atoms with Crippen molar-refractivity contribution in [3.8, 4) is 5.75 Å². The van der Waals surface area contributed by atoms with Gasteiger partial charge in [-0.2, -0.15) is 0 Å². The minimum absolute atomic E-state index is 0. The Balaban J connectivity index is 0.00000208. The van der Waals surface area contributed by atoms with Crippen molar-refractivity contribution in [2.45, 2.75) is 12.4 Å². The second-order valence-corrected chi connectivity index (χ2v) is 6.30. The largest absolute Gasteiger partial charge is 0.573 e. The first-order valence-corrected chi connectivity index (χ1v) is 8.25. The highest BCUT2D eigenvalue weighted by molar-refractivity contribution is 7.10. The fourth-order valence-corrected chi connectivity index (χ4v) is 3.68. The Morgan fingerprint density at radius 2 is 1.75 bits per heavy atom. The molecule has 24 heavy (non-hydrogen) atoms. The zero-order chi connectivity index (χ0) is 16.3. The minimum Gasteiger partial charge on any atom is -0.406 e. The number of halogens is 4. The molecule has 0 amide bonds. The Hall–Kier alpha value is -1.28. The molecular formula is C16H18ClF3N2OS. The molecule has 0 aliphatic carbocycles. The summed E-state index contributed by atoms with van der Waals surface area (Å²) in [5.74, 6) is -0.188. The number of hydrogen-bond acceptors (Lipinski definition) is 4. The Morgan fingerprint density at radius 3 is 2.29 bits per heavy atom. The van der Waals surface area contributed by atoms with Crippen LogP contribution in [0.2, 0.25) is 0 Å². The van der Waals surface area contributed by atoms with Crippen molar-refractivity contribution in [3.63, 3.8) is 0 Å². The van der Waals surface area contributed by atoms with Crippen molar-refractivity contribution in [1.82, 2.24) is 10.2 Å². The first-order valence-electron chi connectivity index (χ1n) is 7.37. The van der Waals surface area contributed by atoms with Gasteiger partial charge in [0, 0.05) is 31.1 Å². The maximum atomic E-state index is 12.3. The first-order chi connectivity index (χ1) is 11.0. The van der Waals surface area contributed by atoms with Gasteiger partial charge in [-0.3, -0.25) is 4.90 Å². The van der Waals surface area contributed by atoms with Crippen LogP contribution in [0.15, 0.2) is 41.8 Å². The van der Waals surface area contributed by atoms with Gasteiger partial charge >= 0.3 is 6.36 Å². The first kappa shape index (κ1) is 19.1. The second-order valence-electron chi connectivity index (χ2n) is 5.32. The van der Waals surface area contributed by atoms with Gasteiger partial charge < -0.3 is 10.1 Å². The molecule has 0 unspecified atom stereocenters. The van der Waals surface area contributed by atoms with Crippen molar-refractivity contribution in [3.05, 3.63) is 52.2 Å². The van der Waals surface area contributed by atoms with Gasteiger partial charge in [0.25, 0.3) is 0 Å². The van der Waals surface area contributed by atoms with Crippen LogP contribution in [-0.4, -0.2) is 37.4 Å². The summed E-state index contributed by atoms with van der Waals surface area (Å²) in [5, 5.41) is 5.34. The maximum absolute atomic E-state index is 12.3. The summed E-state index contributed by atoms with van der Waals surface area (Å²) in [6, 6.07) is 10.3. The van der Waals surface area contributed by atoms with Gasteiger partial charge in [0.15, 0.2) is 0 Å². The molecule has 1 aliphatic heterocycles. The van der Waals surface area contributed by atoms with Crippen LogP contribution in [0.1, 0.15) is 16.5 Å². The Morgan fingerprint density at radius 1 is 1.08 bits per heavy atom. The summed E-state index contributed by atoms with van der Waals surface area (Å²) >= 11 is 1.66. The van der Waals surface area contributed by atoms with E-state index in [1.165, 1.54) is 17.0 Å².